The van der Waals surface area contributed by atoms with Crippen LogP contribution >= 0.6 is 15.9 Å². The lowest BCUT2D eigenvalue weighted by molar-refractivity contribution is -0.134. The fourth-order valence-electron chi connectivity index (χ4n) is 3.76. The van der Waals surface area contributed by atoms with E-state index in [0.717, 1.165) is 17.3 Å². The smallest absolute Gasteiger partial charge is 0.316 e. The summed E-state index contributed by atoms with van der Waals surface area (Å²) in [7, 11) is 0. The lowest BCUT2D eigenvalue weighted by atomic mass is 10.1. The van der Waals surface area contributed by atoms with Crippen LogP contribution in [0.15, 0.2) is 41.1 Å². The monoisotopic (exact) mass is 472 g/mol. The van der Waals surface area contributed by atoms with E-state index < -0.39 is 0 Å². The molecule has 1 atom stereocenters. The van der Waals surface area contributed by atoms with Gasteiger partial charge in [-0.05, 0) is 47.3 Å². The van der Waals surface area contributed by atoms with Crippen LogP contribution < -0.4 is 4.74 Å². The Morgan fingerprint density at radius 3 is 2.47 bits per heavy atom. The maximum atomic E-state index is 12.6. The molecular formula is C21H21BrN4O4. The zero-order chi connectivity index (χ0) is 21.1. The molecule has 1 unspecified atom stereocenters. The van der Waals surface area contributed by atoms with E-state index in [9.17, 15) is 14.4 Å². The van der Waals surface area contributed by atoms with E-state index in [-0.39, 0.29) is 36.8 Å². The van der Waals surface area contributed by atoms with E-state index in [1.54, 1.807) is 41.6 Å². The highest BCUT2D eigenvalue weighted by Gasteiger charge is 2.34. The first-order valence-corrected chi connectivity index (χ1v) is 10.7. The Labute approximate surface area is 182 Å². The number of rotatable bonds is 6. The molecule has 2 aliphatic rings. The molecule has 8 nitrogen and oxygen atoms in total. The Bertz CT molecular complexity index is 931. The third-order valence-corrected chi connectivity index (χ3v) is 5.66. The molecular weight excluding hydrogens is 452 g/mol. The number of imide groups is 1. The van der Waals surface area contributed by atoms with Gasteiger partial charge in [0.2, 0.25) is 5.91 Å². The Morgan fingerprint density at radius 1 is 1.13 bits per heavy atom. The number of aromatic nitrogens is 2. The van der Waals surface area contributed by atoms with E-state index in [4.69, 9.17) is 4.74 Å². The first-order valence-electron chi connectivity index (χ1n) is 9.90. The van der Waals surface area contributed by atoms with Gasteiger partial charge in [0.1, 0.15) is 6.10 Å². The van der Waals surface area contributed by atoms with Crippen molar-refractivity contribution in [3.63, 3.8) is 0 Å². The highest BCUT2D eigenvalue weighted by atomic mass is 79.9. The number of likely N-dealkylation sites (tertiary alicyclic amines) is 1. The SMILES string of the molecule is O=C(CCCN1C(=O)c2ccccc2C1=O)N1CCCC(Oc2ncc(Br)cn2)C1. The van der Waals surface area contributed by atoms with Crippen molar-refractivity contribution >= 4 is 33.7 Å². The van der Waals surface area contributed by atoms with E-state index in [1.807, 2.05) is 0 Å². The molecule has 2 aromatic rings. The Kier molecular flexibility index (Phi) is 6.08. The number of carbonyl (C=O) groups is 3. The van der Waals surface area contributed by atoms with Crippen LogP contribution in [0.4, 0.5) is 0 Å². The third kappa shape index (κ3) is 4.35. The third-order valence-electron chi connectivity index (χ3n) is 5.25. The fourth-order valence-corrected chi connectivity index (χ4v) is 3.96. The lowest BCUT2D eigenvalue weighted by Gasteiger charge is -2.32. The Balaban J connectivity index is 1.26. The van der Waals surface area contributed by atoms with Crippen LogP contribution in [0.2, 0.25) is 0 Å². The van der Waals surface area contributed by atoms with E-state index >= 15 is 0 Å². The maximum Gasteiger partial charge on any atom is 0.316 e. The molecule has 2 aliphatic heterocycles. The number of piperidine rings is 1. The van der Waals surface area contributed by atoms with Gasteiger partial charge in [-0.1, -0.05) is 12.1 Å². The van der Waals surface area contributed by atoms with Crippen molar-refractivity contribution in [3.05, 3.63) is 52.3 Å². The standard InChI is InChI=1S/C21H21BrN4O4/c22-14-11-23-21(24-12-14)30-15-5-3-9-25(13-15)18(27)8-4-10-26-19(28)16-6-1-2-7-17(16)20(26)29/h1-2,6-7,11-12,15H,3-5,8-10,13H2. The number of halogens is 1. The van der Waals surface area contributed by atoms with Gasteiger partial charge >= 0.3 is 6.01 Å². The molecule has 0 bridgehead atoms. The number of hydrogen-bond acceptors (Lipinski definition) is 6. The average Bonchev–Trinajstić information content (AvgIpc) is 3.00. The highest BCUT2D eigenvalue weighted by Crippen LogP contribution is 2.23. The summed E-state index contributed by atoms with van der Waals surface area (Å²) in [5.41, 5.74) is 0.861. The summed E-state index contributed by atoms with van der Waals surface area (Å²) in [5, 5.41) is 0. The highest BCUT2D eigenvalue weighted by molar-refractivity contribution is 9.10. The summed E-state index contributed by atoms with van der Waals surface area (Å²) >= 11 is 3.28. The van der Waals surface area contributed by atoms with Gasteiger partial charge in [-0.15, -0.1) is 0 Å². The molecule has 0 saturated carbocycles. The van der Waals surface area contributed by atoms with Crippen molar-refractivity contribution in [2.45, 2.75) is 31.8 Å². The number of amides is 3. The second-order valence-corrected chi connectivity index (χ2v) is 8.23. The summed E-state index contributed by atoms with van der Waals surface area (Å²) < 4.78 is 6.58. The minimum Gasteiger partial charge on any atom is -0.458 e. The van der Waals surface area contributed by atoms with Crippen LogP contribution in [-0.2, 0) is 4.79 Å². The molecule has 1 aromatic heterocycles. The minimum atomic E-state index is -0.288. The second-order valence-electron chi connectivity index (χ2n) is 7.32. The molecule has 0 radical (unpaired) electrons. The number of nitrogens with zero attached hydrogens (tertiary/aromatic N) is 4. The van der Waals surface area contributed by atoms with Crippen molar-refractivity contribution in [1.29, 1.82) is 0 Å². The summed E-state index contributed by atoms with van der Waals surface area (Å²) in [4.78, 5) is 48.7. The zero-order valence-corrected chi connectivity index (χ0v) is 17.9. The number of carbonyl (C=O) groups excluding carboxylic acids is 3. The maximum absolute atomic E-state index is 12.6. The van der Waals surface area contributed by atoms with Crippen molar-refractivity contribution in [1.82, 2.24) is 19.8 Å². The first kappa shape index (κ1) is 20.5. The average molecular weight is 473 g/mol. The molecule has 0 N–H and O–H groups in total. The van der Waals surface area contributed by atoms with Gasteiger partial charge in [-0.2, -0.15) is 0 Å². The van der Waals surface area contributed by atoms with E-state index in [0.29, 0.717) is 36.6 Å². The van der Waals surface area contributed by atoms with Gasteiger partial charge in [0, 0.05) is 31.9 Å². The molecule has 156 valence electrons. The summed E-state index contributed by atoms with van der Waals surface area (Å²) in [6.07, 6.45) is 5.46. The largest absolute Gasteiger partial charge is 0.458 e. The molecule has 1 saturated heterocycles. The molecule has 0 spiro atoms. The predicted octanol–water partition coefficient (Wildman–Crippen LogP) is 2.69. The second kappa shape index (κ2) is 8.91. The predicted molar refractivity (Wildman–Crippen MR) is 111 cm³/mol. The van der Waals surface area contributed by atoms with Crippen LogP contribution in [0.3, 0.4) is 0 Å². The first-order chi connectivity index (χ1) is 14.5. The minimum absolute atomic E-state index is 0.00312. The fraction of sp³-hybridized carbons (Fsp3) is 0.381. The normalized spacial score (nSPS) is 18.5. The number of ether oxygens (including phenoxy) is 1. The van der Waals surface area contributed by atoms with Crippen LogP contribution in [0.1, 0.15) is 46.4 Å². The van der Waals surface area contributed by atoms with Crippen molar-refractivity contribution in [2.75, 3.05) is 19.6 Å². The summed E-state index contributed by atoms with van der Waals surface area (Å²) in [5.74, 6) is -0.579. The summed E-state index contributed by atoms with van der Waals surface area (Å²) in [6.45, 7) is 1.39. The number of benzene rings is 1. The lowest BCUT2D eigenvalue weighted by Crippen LogP contribution is -2.44. The van der Waals surface area contributed by atoms with Gasteiger partial charge < -0.3 is 9.64 Å². The zero-order valence-electron chi connectivity index (χ0n) is 16.3. The molecule has 30 heavy (non-hydrogen) atoms. The van der Waals surface area contributed by atoms with Crippen LogP contribution in [0.5, 0.6) is 6.01 Å². The van der Waals surface area contributed by atoms with Gasteiger partial charge in [0.05, 0.1) is 22.1 Å². The molecule has 9 heteroatoms. The number of hydrogen-bond donors (Lipinski definition) is 0. The van der Waals surface area contributed by atoms with Gasteiger partial charge in [-0.25, -0.2) is 9.97 Å². The summed E-state index contributed by atoms with van der Waals surface area (Å²) in [6, 6.07) is 7.09. The van der Waals surface area contributed by atoms with Gasteiger partial charge in [0.15, 0.2) is 0 Å². The van der Waals surface area contributed by atoms with Crippen molar-refractivity contribution in [3.8, 4) is 6.01 Å². The Morgan fingerprint density at radius 2 is 1.80 bits per heavy atom. The molecule has 3 heterocycles. The molecule has 3 amide bonds. The molecule has 1 aromatic carbocycles. The van der Waals surface area contributed by atoms with Crippen LogP contribution in [0, 0.1) is 0 Å². The van der Waals surface area contributed by atoms with Crippen LogP contribution in [-0.4, -0.2) is 63.2 Å². The Hall–Kier alpha value is -2.81. The van der Waals surface area contributed by atoms with Crippen molar-refractivity contribution < 1.29 is 19.1 Å². The van der Waals surface area contributed by atoms with Crippen molar-refractivity contribution in [2.24, 2.45) is 0 Å². The molecule has 4 rings (SSSR count). The quantitative estimate of drug-likeness (QED) is 0.600. The molecule has 0 aliphatic carbocycles. The van der Waals surface area contributed by atoms with Gasteiger partial charge in [0.25, 0.3) is 11.8 Å². The number of fused-ring (bicyclic) bond motifs is 1. The molecule has 1 fully saturated rings. The van der Waals surface area contributed by atoms with E-state index in [1.165, 1.54) is 4.90 Å². The van der Waals surface area contributed by atoms with E-state index in [2.05, 4.69) is 25.9 Å². The topological polar surface area (TPSA) is 92.7 Å². The van der Waals surface area contributed by atoms with Gasteiger partial charge in [-0.3, -0.25) is 19.3 Å². The van der Waals surface area contributed by atoms with Crippen LogP contribution in [0.25, 0.3) is 0 Å².